The molecule has 1 aliphatic rings. The van der Waals surface area contributed by atoms with Crippen molar-refractivity contribution in [3.63, 3.8) is 0 Å². The summed E-state index contributed by atoms with van der Waals surface area (Å²) in [4.78, 5) is 8.29. The quantitative estimate of drug-likeness (QED) is 0.874. The Morgan fingerprint density at radius 2 is 2.18 bits per heavy atom. The SMILES string of the molecule is Cc1cnc([C@@H](C)NCCN2CCCCC2)s1. The fourth-order valence-electron chi connectivity index (χ4n) is 2.28. The standard InChI is InChI=1S/C13H23N3S/c1-11-10-15-13(17-11)12(2)14-6-9-16-7-4-3-5-8-16/h10,12,14H,3-9H2,1-2H3/t12-/m1/s1. The number of nitrogens with one attached hydrogen (secondary N) is 1. The van der Waals surface area contributed by atoms with Gasteiger partial charge in [0.1, 0.15) is 5.01 Å². The fourth-order valence-corrected chi connectivity index (χ4v) is 3.08. The van der Waals surface area contributed by atoms with Crippen LogP contribution in [-0.4, -0.2) is 36.1 Å². The van der Waals surface area contributed by atoms with Gasteiger partial charge in [-0.25, -0.2) is 4.98 Å². The predicted octanol–water partition coefficient (Wildman–Crippen LogP) is 2.59. The lowest BCUT2D eigenvalue weighted by molar-refractivity contribution is 0.227. The van der Waals surface area contributed by atoms with Crippen LogP contribution in [0.1, 0.15) is 42.1 Å². The molecule has 2 heterocycles. The van der Waals surface area contributed by atoms with Crippen molar-refractivity contribution in [2.24, 2.45) is 0 Å². The average Bonchev–Trinajstić information content (AvgIpc) is 2.77. The first kappa shape index (κ1) is 13.0. The lowest BCUT2D eigenvalue weighted by atomic mass is 10.1. The molecule has 1 atom stereocenters. The zero-order chi connectivity index (χ0) is 12.1. The molecule has 1 aromatic rings. The molecule has 1 saturated heterocycles. The Hall–Kier alpha value is -0.450. The Kier molecular flexibility index (Phi) is 4.95. The first-order valence-electron chi connectivity index (χ1n) is 6.64. The molecule has 3 nitrogen and oxygen atoms in total. The summed E-state index contributed by atoms with van der Waals surface area (Å²) in [5, 5.41) is 4.78. The van der Waals surface area contributed by atoms with Crippen LogP contribution >= 0.6 is 11.3 Å². The van der Waals surface area contributed by atoms with Gasteiger partial charge in [0.05, 0.1) is 6.04 Å². The highest BCUT2D eigenvalue weighted by Gasteiger charge is 2.11. The zero-order valence-electron chi connectivity index (χ0n) is 10.9. The van der Waals surface area contributed by atoms with Gasteiger partial charge in [-0.1, -0.05) is 6.42 Å². The summed E-state index contributed by atoms with van der Waals surface area (Å²) in [5.41, 5.74) is 0. The molecule has 0 saturated carbocycles. The number of nitrogens with zero attached hydrogens (tertiary/aromatic N) is 2. The van der Waals surface area contributed by atoms with E-state index in [2.05, 4.69) is 29.0 Å². The van der Waals surface area contributed by atoms with Gasteiger partial charge in [0.25, 0.3) is 0 Å². The minimum Gasteiger partial charge on any atom is -0.307 e. The van der Waals surface area contributed by atoms with Crippen molar-refractivity contribution in [1.29, 1.82) is 0 Å². The Morgan fingerprint density at radius 1 is 1.41 bits per heavy atom. The molecule has 0 bridgehead atoms. The molecule has 0 amide bonds. The molecule has 4 heteroatoms. The molecule has 2 rings (SSSR count). The molecule has 1 aromatic heterocycles. The second-order valence-electron chi connectivity index (χ2n) is 4.89. The lowest BCUT2D eigenvalue weighted by Crippen LogP contribution is -2.36. The second-order valence-corrected chi connectivity index (χ2v) is 6.15. The molecule has 1 fully saturated rings. The van der Waals surface area contributed by atoms with E-state index in [1.807, 2.05) is 6.20 Å². The van der Waals surface area contributed by atoms with Crippen LogP contribution in [0.4, 0.5) is 0 Å². The highest BCUT2D eigenvalue weighted by molar-refractivity contribution is 7.11. The number of aromatic nitrogens is 1. The van der Waals surface area contributed by atoms with E-state index in [4.69, 9.17) is 0 Å². The van der Waals surface area contributed by atoms with E-state index in [9.17, 15) is 0 Å². The number of thiazole rings is 1. The van der Waals surface area contributed by atoms with E-state index in [1.165, 1.54) is 48.8 Å². The normalized spacial score (nSPS) is 19.4. The molecular weight excluding hydrogens is 230 g/mol. The largest absolute Gasteiger partial charge is 0.307 e. The zero-order valence-corrected chi connectivity index (χ0v) is 11.7. The molecule has 1 N–H and O–H groups in total. The third-order valence-electron chi connectivity index (χ3n) is 3.34. The molecule has 0 aliphatic carbocycles. The maximum Gasteiger partial charge on any atom is 0.109 e. The predicted molar refractivity (Wildman–Crippen MR) is 73.6 cm³/mol. The average molecular weight is 253 g/mol. The van der Waals surface area contributed by atoms with Crippen LogP contribution in [0, 0.1) is 6.92 Å². The van der Waals surface area contributed by atoms with Crippen molar-refractivity contribution >= 4 is 11.3 Å². The van der Waals surface area contributed by atoms with Gasteiger partial charge in [-0.3, -0.25) is 0 Å². The fraction of sp³-hybridized carbons (Fsp3) is 0.769. The van der Waals surface area contributed by atoms with E-state index < -0.39 is 0 Å². The van der Waals surface area contributed by atoms with E-state index in [0.29, 0.717) is 6.04 Å². The molecule has 0 radical (unpaired) electrons. The van der Waals surface area contributed by atoms with Crippen molar-refractivity contribution in [1.82, 2.24) is 15.2 Å². The molecular formula is C13H23N3S. The summed E-state index contributed by atoms with van der Waals surface area (Å²) in [7, 11) is 0. The third kappa shape index (κ3) is 4.05. The Morgan fingerprint density at radius 3 is 2.82 bits per heavy atom. The second kappa shape index (κ2) is 6.47. The smallest absolute Gasteiger partial charge is 0.109 e. The highest BCUT2D eigenvalue weighted by atomic mass is 32.1. The molecule has 96 valence electrons. The van der Waals surface area contributed by atoms with Gasteiger partial charge >= 0.3 is 0 Å². The Balaban J connectivity index is 1.67. The molecule has 0 spiro atoms. The van der Waals surface area contributed by atoms with Gasteiger partial charge in [0.2, 0.25) is 0 Å². The summed E-state index contributed by atoms with van der Waals surface area (Å²) in [5.74, 6) is 0. The maximum absolute atomic E-state index is 4.42. The van der Waals surface area contributed by atoms with Crippen LogP contribution < -0.4 is 5.32 Å². The van der Waals surface area contributed by atoms with Crippen molar-refractivity contribution in [3.05, 3.63) is 16.1 Å². The monoisotopic (exact) mass is 253 g/mol. The maximum atomic E-state index is 4.42. The summed E-state index contributed by atoms with van der Waals surface area (Å²) >= 11 is 1.79. The van der Waals surface area contributed by atoms with E-state index in [0.717, 1.165) is 6.54 Å². The van der Waals surface area contributed by atoms with E-state index in [-0.39, 0.29) is 0 Å². The van der Waals surface area contributed by atoms with Gasteiger partial charge in [0.15, 0.2) is 0 Å². The first-order chi connectivity index (χ1) is 8.25. The van der Waals surface area contributed by atoms with Gasteiger partial charge < -0.3 is 10.2 Å². The van der Waals surface area contributed by atoms with Gasteiger partial charge in [-0.2, -0.15) is 0 Å². The molecule has 1 aliphatic heterocycles. The number of aryl methyl sites for hydroxylation is 1. The van der Waals surface area contributed by atoms with Crippen LogP contribution in [0.5, 0.6) is 0 Å². The summed E-state index contributed by atoms with van der Waals surface area (Å²) in [6.45, 7) is 9.13. The number of rotatable bonds is 5. The lowest BCUT2D eigenvalue weighted by Gasteiger charge is -2.26. The van der Waals surface area contributed by atoms with Crippen molar-refractivity contribution in [3.8, 4) is 0 Å². The van der Waals surface area contributed by atoms with Gasteiger partial charge in [-0.05, 0) is 39.8 Å². The van der Waals surface area contributed by atoms with E-state index >= 15 is 0 Å². The summed E-state index contributed by atoms with van der Waals surface area (Å²) in [6.07, 6.45) is 6.13. The van der Waals surface area contributed by atoms with Gasteiger partial charge in [0, 0.05) is 24.2 Å². The van der Waals surface area contributed by atoms with Crippen molar-refractivity contribution in [2.75, 3.05) is 26.2 Å². The van der Waals surface area contributed by atoms with Crippen LogP contribution in [0.25, 0.3) is 0 Å². The minimum atomic E-state index is 0.387. The third-order valence-corrected chi connectivity index (χ3v) is 4.43. The van der Waals surface area contributed by atoms with Crippen LogP contribution in [0.15, 0.2) is 6.20 Å². The topological polar surface area (TPSA) is 28.2 Å². The van der Waals surface area contributed by atoms with Crippen LogP contribution in [0.2, 0.25) is 0 Å². The summed E-state index contributed by atoms with van der Waals surface area (Å²) < 4.78 is 0. The summed E-state index contributed by atoms with van der Waals surface area (Å²) in [6, 6.07) is 0.387. The number of hydrogen-bond acceptors (Lipinski definition) is 4. The van der Waals surface area contributed by atoms with Gasteiger partial charge in [-0.15, -0.1) is 11.3 Å². The molecule has 0 unspecified atom stereocenters. The van der Waals surface area contributed by atoms with Crippen LogP contribution in [0.3, 0.4) is 0 Å². The Labute approximate surface area is 108 Å². The number of likely N-dealkylation sites (tertiary alicyclic amines) is 1. The Bertz CT molecular complexity index is 331. The number of hydrogen-bond donors (Lipinski definition) is 1. The highest BCUT2D eigenvalue weighted by Crippen LogP contribution is 2.18. The van der Waals surface area contributed by atoms with Crippen molar-refractivity contribution in [2.45, 2.75) is 39.2 Å². The molecule has 0 aromatic carbocycles. The van der Waals surface area contributed by atoms with Crippen molar-refractivity contribution < 1.29 is 0 Å². The first-order valence-corrected chi connectivity index (χ1v) is 7.45. The minimum absolute atomic E-state index is 0.387. The van der Waals surface area contributed by atoms with Crippen LogP contribution in [-0.2, 0) is 0 Å². The molecule has 17 heavy (non-hydrogen) atoms. The number of piperidine rings is 1. The van der Waals surface area contributed by atoms with E-state index in [1.54, 1.807) is 11.3 Å².